The molecule has 2 aromatic heterocycles. The van der Waals surface area contributed by atoms with Crippen molar-refractivity contribution in [2.75, 3.05) is 37.7 Å². The van der Waals surface area contributed by atoms with E-state index in [1.165, 1.54) is 5.56 Å². The van der Waals surface area contributed by atoms with Gasteiger partial charge in [-0.1, -0.05) is 0 Å². The third-order valence-corrected chi connectivity index (χ3v) is 4.92. The second-order valence-corrected chi connectivity index (χ2v) is 6.54. The molecule has 2 aromatic rings. The summed E-state index contributed by atoms with van der Waals surface area (Å²) in [6.45, 7) is 5.72. The van der Waals surface area contributed by atoms with E-state index in [0.717, 1.165) is 51.7 Å². The number of nitrogens with zero attached hydrogens (tertiary/aromatic N) is 5. The van der Waals surface area contributed by atoms with Crippen LogP contribution in [0.2, 0.25) is 0 Å². The first kappa shape index (κ1) is 15.5. The number of pyridine rings is 1. The van der Waals surface area contributed by atoms with Crippen molar-refractivity contribution in [1.29, 1.82) is 0 Å². The Balaban J connectivity index is 1.39. The first-order chi connectivity index (χ1) is 11.9. The molecule has 0 spiro atoms. The number of aromatic nitrogens is 3. The average Bonchev–Trinajstić information content (AvgIpc) is 2.84. The fourth-order valence-corrected chi connectivity index (χ4v) is 3.65. The summed E-state index contributed by atoms with van der Waals surface area (Å²) in [6, 6.07) is 6.05. The molecule has 126 valence electrons. The van der Waals surface area contributed by atoms with Crippen molar-refractivity contribution in [2.24, 2.45) is 5.92 Å². The SMILES string of the molecule is c1cnc(N2CC[C@@H]3CN(Cc4ccncc4)CCO[C@H]3C2)nc1. The maximum absolute atomic E-state index is 6.18. The van der Waals surface area contributed by atoms with Gasteiger partial charge in [0.25, 0.3) is 0 Å². The van der Waals surface area contributed by atoms with E-state index in [-0.39, 0.29) is 6.10 Å². The average molecular weight is 325 g/mol. The summed E-state index contributed by atoms with van der Waals surface area (Å²) >= 11 is 0. The molecule has 4 rings (SSSR count). The lowest BCUT2D eigenvalue weighted by Crippen LogP contribution is -2.47. The third kappa shape index (κ3) is 3.55. The standard InChI is InChI=1S/C18H23N5O/c1-5-20-18(21-6-1)23-9-4-16-13-22(10-11-24-17(16)14-23)12-15-2-7-19-8-3-15/h1-3,5-8,16-17H,4,9-14H2/t16-,17+/m1/s1. The van der Waals surface area contributed by atoms with E-state index in [4.69, 9.17) is 4.74 Å². The molecular formula is C18H23N5O. The minimum atomic E-state index is 0.269. The van der Waals surface area contributed by atoms with Crippen LogP contribution in [0.5, 0.6) is 0 Å². The van der Waals surface area contributed by atoms with E-state index in [0.29, 0.717) is 5.92 Å². The second-order valence-electron chi connectivity index (χ2n) is 6.54. The molecule has 6 heteroatoms. The summed E-state index contributed by atoms with van der Waals surface area (Å²) in [7, 11) is 0. The molecule has 0 amide bonds. The Morgan fingerprint density at radius 1 is 1.04 bits per heavy atom. The van der Waals surface area contributed by atoms with Gasteiger partial charge in [-0.15, -0.1) is 0 Å². The predicted octanol–water partition coefficient (Wildman–Crippen LogP) is 1.60. The molecule has 2 fully saturated rings. The van der Waals surface area contributed by atoms with Gasteiger partial charge in [-0.3, -0.25) is 9.88 Å². The molecule has 0 unspecified atom stereocenters. The van der Waals surface area contributed by atoms with Crippen molar-refractivity contribution in [3.8, 4) is 0 Å². The van der Waals surface area contributed by atoms with Crippen LogP contribution < -0.4 is 4.90 Å². The van der Waals surface area contributed by atoms with Gasteiger partial charge in [0.1, 0.15) is 0 Å². The zero-order valence-corrected chi connectivity index (χ0v) is 13.8. The number of hydrogen-bond acceptors (Lipinski definition) is 6. The molecule has 2 atom stereocenters. The zero-order valence-electron chi connectivity index (χ0n) is 13.8. The minimum absolute atomic E-state index is 0.269. The lowest BCUT2D eigenvalue weighted by Gasteiger charge is -2.38. The van der Waals surface area contributed by atoms with Crippen LogP contribution in [-0.4, -0.2) is 58.7 Å². The van der Waals surface area contributed by atoms with Crippen LogP contribution in [0.15, 0.2) is 43.0 Å². The molecular weight excluding hydrogens is 302 g/mol. The minimum Gasteiger partial charge on any atom is -0.375 e. The molecule has 2 saturated heterocycles. The van der Waals surface area contributed by atoms with Crippen molar-refractivity contribution in [3.63, 3.8) is 0 Å². The highest BCUT2D eigenvalue weighted by Gasteiger charge is 2.34. The van der Waals surface area contributed by atoms with E-state index in [9.17, 15) is 0 Å². The first-order valence-electron chi connectivity index (χ1n) is 8.63. The van der Waals surface area contributed by atoms with Gasteiger partial charge in [0.05, 0.1) is 12.7 Å². The van der Waals surface area contributed by atoms with Gasteiger partial charge in [0.2, 0.25) is 5.95 Å². The van der Waals surface area contributed by atoms with Crippen LogP contribution in [0.3, 0.4) is 0 Å². The first-order valence-corrected chi connectivity index (χ1v) is 8.63. The maximum Gasteiger partial charge on any atom is 0.225 e. The smallest absolute Gasteiger partial charge is 0.225 e. The molecule has 0 aromatic carbocycles. The number of anilines is 1. The molecule has 2 aliphatic heterocycles. The van der Waals surface area contributed by atoms with E-state index < -0.39 is 0 Å². The van der Waals surface area contributed by atoms with Crippen molar-refractivity contribution in [3.05, 3.63) is 48.5 Å². The van der Waals surface area contributed by atoms with Gasteiger partial charge >= 0.3 is 0 Å². The number of fused-ring (bicyclic) bond motifs is 1. The molecule has 0 bridgehead atoms. The topological polar surface area (TPSA) is 54.4 Å². The second kappa shape index (κ2) is 7.23. The molecule has 2 aliphatic rings. The van der Waals surface area contributed by atoms with Crippen LogP contribution in [0.1, 0.15) is 12.0 Å². The third-order valence-electron chi connectivity index (χ3n) is 4.92. The van der Waals surface area contributed by atoms with Crippen LogP contribution >= 0.6 is 0 Å². The molecule has 0 radical (unpaired) electrons. The van der Waals surface area contributed by atoms with Crippen molar-refractivity contribution < 1.29 is 4.74 Å². The Morgan fingerprint density at radius 2 is 1.88 bits per heavy atom. The summed E-state index contributed by atoms with van der Waals surface area (Å²) in [5.41, 5.74) is 1.32. The molecule has 6 nitrogen and oxygen atoms in total. The molecule has 4 heterocycles. The maximum atomic E-state index is 6.18. The Labute approximate surface area is 142 Å². The van der Waals surface area contributed by atoms with Crippen molar-refractivity contribution in [1.82, 2.24) is 19.9 Å². The number of piperidine rings is 1. The van der Waals surface area contributed by atoms with Crippen molar-refractivity contribution >= 4 is 5.95 Å². The Morgan fingerprint density at radius 3 is 2.71 bits per heavy atom. The summed E-state index contributed by atoms with van der Waals surface area (Å²) in [5.74, 6) is 1.40. The number of ether oxygens (including phenoxy) is 1. The number of hydrogen-bond donors (Lipinski definition) is 0. The Hall–Kier alpha value is -2.05. The van der Waals surface area contributed by atoms with Gasteiger partial charge in [0, 0.05) is 63.4 Å². The van der Waals surface area contributed by atoms with Crippen LogP contribution in [0.25, 0.3) is 0 Å². The van der Waals surface area contributed by atoms with Crippen LogP contribution in [0.4, 0.5) is 5.95 Å². The van der Waals surface area contributed by atoms with Gasteiger partial charge in [0.15, 0.2) is 0 Å². The van der Waals surface area contributed by atoms with Gasteiger partial charge in [-0.2, -0.15) is 0 Å². The fraction of sp³-hybridized carbons (Fsp3) is 0.500. The van der Waals surface area contributed by atoms with E-state index in [1.54, 1.807) is 12.4 Å². The lowest BCUT2D eigenvalue weighted by molar-refractivity contribution is 0.0249. The molecule has 0 N–H and O–H groups in total. The van der Waals surface area contributed by atoms with E-state index in [2.05, 4.69) is 36.9 Å². The summed E-state index contributed by atoms with van der Waals surface area (Å²) in [6.07, 6.45) is 8.73. The molecule has 24 heavy (non-hydrogen) atoms. The fourth-order valence-electron chi connectivity index (χ4n) is 3.65. The highest BCUT2D eigenvalue weighted by molar-refractivity contribution is 5.29. The van der Waals surface area contributed by atoms with Crippen LogP contribution in [0, 0.1) is 5.92 Å². The number of rotatable bonds is 3. The Bertz CT molecular complexity index is 638. The highest BCUT2D eigenvalue weighted by atomic mass is 16.5. The zero-order chi connectivity index (χ0) is 16.2. The van der Waals surface area contributed by atoms with E-state index >= 15 is 0 Å². The van der Waals surface area contributed by atoms with Gasteiger partial charge in [-0.05, 0) is 30.2 Å². The van der Waals surface area contributed by atoms with Crippen molar-refractivity contribution in [2.45, 2.75) is 19.1 Å². The highest BCUT2D eigenvalue weighted by Crippen LogP contribution is 2.26. The summed E-state index contributed by atoms with van der Waals surface area (Å²) in [4.78, 5) is 17.6. The monoisotopic (exact) mass is 325 g/mol. The summed E-state index contributed by atoms with van der Waals surface area (Å²) < 4.78 is 6.18. The largest absolute Gasteiger partial charge is 0.375 e. The lowest BCUT2D eigenvalue weighted by atomic mass is 9.93. The van der Waals surface area contributed by atoms with Gasteiger partial charge < -0.3 is 9.64 Å². The molecule has 0 saturated carbocycles. The molecule has 0 aliphatic carbocycles. The normalized spacial score (nSPS) is 25.1. The van der Waals surface area contributed by atoms with Crippen LogP contribution in [-0.2, 0) is 11.3 Å². The predicted molar refractivity (Wildman–Crippen MR) is 91.6 cm³/mol. The van der Waals surface area contributed by atoms with E-state index in [1.807, 2.05) is 18.5 Å². The van der Waals surface area contributed by atoms with Gasteiger partial charge in [-0.25, -0.2) is 9.97 Å². The Kier molecular flexibility index (Phi) is 4.66. The summed E-state index contributed by atoms with van der Waals surface area (Å²) in [5, 5.41) is 0. The quantitative estimate of drug-likeness (QED) is 0.854.